The van der Waals surface area contributed by atoms with Crippen LogP contribution in [0.15, 0.2) is 36.5 Å². The third-order valence-electron chi connectivity index (χ3n) is 2.65. The summed E-state index contributed by atoms with van der Waals surface area (Å²) < 4.78 is 40.8. The molecule has 3 aromatic rings. The largest absolute Gasteiger partial charge is 0.573 e. The number of anilines is 3. The lowest BCUT2D eigenvalue weighted by Crippen LogP contribution is -2.17. The normalized spacial score (nSPS) is 11.6. The summed E-state index contributed by atoms with van der Waals surface area (Å²) >= 11 is 1.35. The maximum absolute atomic E-state index is 12.1. The number of alkyl halides is 3. The van der Waals surface area contributed by atoms with Crippen LogP contribution in [-0.2, 0) is 0 Å². The predicted octanol–water partition coefficient (Wildman–Crippen LogP) is 3.92. The maximum Gasteiger partial charge on any atom is 0.573 e. The molecule has 1 aromatic carbocycles. The molecule has 22 heavy (non-hydrogen) atoms. The van der Waals surface area contributed by atoms with Gasteiger partial charge in [-0.2, -0.15) is 0 Å². The summed E-state index contributed by atoms with van der Waals surface area (Å²) in [6, 6.07) is 8.00. The number of rotatable bonds is 3. The highest BCUT2D eigenvalue weighted by Crippen LogP contribution is 2.28. The minimum absolute atomic E-state index is 0.372. The van der Waals surface area contributed by atoms with E-state index < -0.39 is 6.36 Å². The van der Waals surface area contributed by atoms with E-state index in [-0.39, 0.29) is 5.75 Å². The number of nitrogen functional groups attached to an aromatic ring is 1. The van der Waals surface area contributed by atoms with Crippen molar-refractivity contribution in [3.8, 4) is 5.75 Å². The molecule has 2 aromatic heterocycles. The van der Waals surface area contributed by atoms with E-state index in [4.69, 9.17) is 5.73 Å². The zero-order valence-corrected chi connectivity index (χ0v) is 11.7. The van der Waals surface area contributed by atoms with Crippen LogP contribution in [0.2, 0.25) is 0 Å². The Morgan fingerprint density at radius 1 is 1.18 bits per heavy atom. The van der Waals surface area contributed by atoms with E-state index in [1.165, 1.54) is 23.5 Å². The molecule has 3 rings (SSSR count). The molecule has 0 bridgehead atoms. The molecule has 0 aliphatic heterocycles. The minimum Gasteiger partial charge on any atom is -0.404 e. The zero-order chi connectivity index (χ0) is 15.7. The Morgan fingerprint density at radius 2 is 2.00 bits per heavy atom. The lowest BCUT2D eigenvalue weighted by atomic mass is 10.3. The summed E-state index contributed by atoms with van der Waals surface area (Å²) in [6.45, 7) is 0. The highest BCUT2D eigenvalue weighted by molar-refractivity contribution is 7.22. The van der Waals surface area contributed by atoms with Crippen molar-refractivity contribution in [2.24, 2.45) is 0 Å². The van der Waals surface area contributed by atoms with E-state index in [0.29, 0.717) is 10.9 Å². The zero-order valence-electron chi connectivity index (χ0n) is 10.9. The summed E-state index contributed by atoms with van der Waals surface area (Å²) in [6.07, 6.45) is -3.73. The second-order valence-electron chi connectivity index (χ2n) is 4.29. The Balaban J connectivity index is 1.76. The van der Waals surface area contributed by atoms with Crippen LogP contribution in [0.25, 0.3) is 10.2 Å². The van der Waals surface area contributed by atoms with Gasteiger partial charge in [-0.3, -0.25) is 0 Å². The van der Waals surface area contributed by atoms with Gasteiger partial charge in [0, 0.05) is 5.69 Å². The Hall–Kier alpha value is -2.55. The van der Waals surface area contributed by atoms with Crippen molar-refractivity contribution in [1.29, 1.82) is 0 Å². The van der Waals surface area contributed by atoms with E-state index in [1.807, 2.05) is 6.07 Å². The second kappa shape index (κ2) is 5.34. The SMILES string of the molecule is Nc1nc2ccc(Nc3ccc(OC(F)(F)F)cn3)cc2s1. The maximum atomic E-state index is 12.1. The number of ether oxygens (including phenoxy) is 1. The first kappa shape index (κ1) is 14.4. The molecule has 9 heteroatoms. The smallest absolute Gasteiger partial charge is 0.404 e. The third-order valence-corrected chi connectivity index (χ3v) is 3.49. The van der Waals surface area contributed by atoms with Crippen molar-refractivity contribution < 1.29 is 17.9 Å². The molecular weight excluding hydrogens is 317 g/mol. The van der Waals surface area contributed by atoms with Gasteiger partial charge in [0.2, 0.25) is 0 Å². The summed E-state index contributed by atoms with van der Waals surface area (Å²) in [5.41, 5.74) is 7.15. The Kier molecular flexibility index (Phi) is 3.49. The van der Waals surface area contributed by atoms with Gasteiger partial charge in [0.25, 0.3) is 0 Å². The highest BCUT2D eigenvalue weighted by atomic mass is 32.1. The van der Waals surface area contributed by atoms with Crippen LogP contribution < -0.4 is 15.8 Å². The van der Waals surface area contributed by atoms with Crippen LogP contribution in [0.3, 0.4) is 0 Å². The summed E-state index contributed by atoms with van der Waals surface area (Å²) in [5.74, 6) is 0.0232. The summed E-state index contributed by atoms with van der Waals surface area (Å²) in [7, 11) is 0. The molecule has 0 amide bonds. The summed E-state index contributed by atoms with van der Waals surface area (Å²) in [5, 5.41) is 3.46. The average Bonchev–Trinajstić information content (AvgIpc) is 2.79. The predicted molar refractivity (Wildman–Crippen MR) is 78.2 cm³/mol. The number of nitrogens with two attached hydrogens (primary N) is 1. The molecular formula is C13H9F3N4OS. The standard InChI is InChI=1S/C13H9F3N4OS/c14-13(15,16)21-8-2-4-11(18-6-8)19-7-1-3-9-10(5-7)22-12(17)20-9/h1-6H,(H2,17,20)(H,18,19). The van der Waals surface area contributed by atoms with Gasteiger partial charge in [0.05, 0.1) is 16.4 Å². The molecule has 2 heterocycles. The van der Waals surface area contributed by atoms with Crippen LogP contribution in [0.1, 0.15) is 0 Å². The molecule has 0 aliphatic carbocycles. The van der Waals surface area contributed by atoms with E-state index in [0.717, 1.165) is 22.1 Å². The molecule has 3 N–H and O–H groups in total. The number of pyridine rings is 1. The van der Waals surface area contributed by atoms with Crippen molar-refractivity contribution >= 4 is 38.2 Å². The molecule has 0 radical (unpaired) electrons. The van der Waals surface area contributed by atoms with Gasteiger partial charge in [-0.25, -0.2) is 9.97 Å². The van der Waals surface area contributed by atoms with Crippen LogP contribution in [0.4, 0.5) is 29.8 Å². The fourth-order valence-corrected chi connectivity index (χ4v) is 2.59. The molecule has 0 saturated carbocycles. The number of thiazole rings is 1. The molecule has 0 spiro atoms. The van der Waals surface area contributed by atoms with Crippen molar-refractivity contribution in [3.63, 3.8) is 0 Å². The molecule has 0 atom stereocenters. The number of halogens is 3. The lowest BCUT2D eigenvalue weighted by molar-refractivity contribution is -0.274. The van der Waals surface area contributed by atoms with E-state index in [2.05, 4.69) is 20.0 Å². The Morgan fingerprint density at radius 3 is 2.68 bits per heavy atom. The minimum atomic E-state index is -4.73. The number of hydrogen-bond donors (Lipinski definition) is 2. The van der Waals surface area contributed by atoms with Gasteiger partial charge in [-0.1, -0.05) is 11.3 Å². The van der Waals surface area contributed by atoms with Gasteiger partial charge in [0.15, 0.2) is 5.13 Å². The molecule has 0 aliphatic rings. The lowest BCUT2D eigenvalue weighted by Gasteiger charge is -2.09. The Labute approximate surface area is 126 Å². The van der Waals surface area contributed by atoms with Crippen molar-refractivity contribution in [2.45, 2.75) is 6.36 Å². The number of aromatic nitrogens is 2. The van der Waals surface area contributed by atoms with Gasteiger partial charge < -0.3 is 15.8 Å². The van der Waals surface area contributed by atoms with Crippen molar-refractivity contribution in [2.75, 3.05) is 11.1 Å². The van der Waals surface area contributed by atoms with Crippen molar-refractivity contribution in [3.05, 3.63) is 36.5 Å². The number of fused-ring (bicyclic) bond motifs is 1. The van der Waals surface area contributed by atoms with Gasteiger partial charge in [0.1, 0.15) is 11.6 Å². The van der Waals surface area contributed by atoms with Crippen LogP contribution >= 0.6 is 11.3 Å². The van der Waals surface area contributed by atoms with Gasteiger partial charge >= 0.3 is 6.36 Å². The fraction of sp³-hybridized carbons (Fsp3) is 0.0769. The molecule has 0 fully saturated rings. The fourth-order valence-electron chi connectivity index (χ4n) is 1.82. The number of nitrogens with one attached hydrogen (secondary N) is 1. The first-order valence-corrected chi connectivity index (χ1v) is 6.86. The first-order valence-electron chi connectivity index (χ1n) is 6.04. The molecule has 114 valence electrons. The number of nitrogens with zero attached hydrogens (tertiary/aromatic N) is 2. The second-order valence-corrected chi connectivity index (χ2v) is 5.35. The molecule has 0 unspecified atom stereocenters. The molecule has 0 saturated heterocycles. The molecule has 5 nitrogen and oxygen atoms in total. The summed E-state index contributed by atoms with van der Waals surface area (Å²) in [4.78, 5) is 8.01. The number of benzene rings is 1. The van der Waals surface area contributed by atoms with Gasteiger partial charge in [-0.05, 0) is 30.3 Å². The third kappa shape index (κ3) is 3.37. The van der Waals surface area contributed by atoms with E-state index in [1.54, 1.807) is 12.1 Å². The Bertz CT molecular complexity index is 801. The van der Waals surface area contributed by atoms with E-state index >= 15 is 0 Å². The van der Waals surface area contributed by atoms with E-state index in [9.17, 15) is 13.2 Å². The highest BCUT2D eigenvalue weighted by Gasteiger charge is 2.31. The first-order chi connectivity index (χ1) is 10.4. The van der Waals surface area contributed by atoms with Gasteiger partial charge in [-0.15, -0.1) is 13.2 Å². The average molecular weight is 326 g/mol. The topological polar surface area (TPSA) is 73.1 Å². The number of hydrogen-bond acceptors (Lipinski definition) is 6. The van der Waals surface area contributed by atoms with Crippen LogP contribution in [0, 0.1) is 0 Å². The van der Waals surface area contributed by atoms with Crippen LogP contribution in [-0.4, -0.2) is 16.3 Å². The van der Waals surface area contributed by atoms with Crippen LogP contribution in [0.5, 0.6) is 5.75 Å². The quantitative estimate of drug-likeness (QED) is 0.763. The monoisotopic (exact) mass is 326 g/mol. The van der Waals surface area contributed by atoms with Crippen molar-refractivity contribution in [1.82, 2.24) is 9.97 Å².